The largest absolute Gasteiger partial charge is 0.370 e. The summed E-state index contributed by atoms with van der Waals surface area (Å²) in [4.78, 5) is 6.42. The van der Waals surface area contributed by atoms with Crippen molar-refractivity contribution in [1.29, 1.82) is 0 Å². The molecule has 2 aromatic rings. The van der Waals surface area contributed by atoms with Crippen molar-refractivity contribution >= 4 is 5.69 Å². The molecular weight excluding hydrogens is 222 g/mol. The van der Waals surface area contributed by atoms with Crippen molar-refractivity contribution in [3.63, 3.8) is 0 Å². The Kier molecular flexibility index (Phi) is 3.95. The molecule has 2 N–H and O–H groups in total. The number of rotatable bonds is 4. The molecule has 2 rings (SSSR count). The zero-order chi connectivity index (χ0) is 13.0. The molecule has 18 heavy (non-hydrogen) atoms. The van der Waals surface area contributed by atoms with E-state index in [-0.39, 0.29) is 0 Å². The van der Waals surface area contributed by atoms with Crippen LogP contribution in [0.15, 0.2) is 42.6 Å². The second kappa shape index (κ2) is 5.65. The van der Waals surface area contributed by atoms with Crippen molar-refractivity contribution in [3.05, 3.63) is 59.4 Å². The summed E-state index contributed by atoms with van der Waals surface area (Å²) < 4.78 is 0. The molecule has 0 atom stereocenters. The summed E-state index contributed by atoms with van der Waals surface area (Å²) in [5, 5.41) is 0. The minimum absolute atomic E-state index is 0.488. The monoisotopic (exact) mass is 241 g/mol. The van der Waals surface area contributed by atoms with Crippen molar-refractivity contribution < 1.29 is 0 Å². The molecule has 0 aliphatic rings. The maximum atomic E-state index is 5.60. The lowest BCUT2D eigenvalue weighted by molar-refractivity contribution is 0.902. The number of hydrogen-bond acceptors (Lipinski definition) is 3. The van der Waals surface area contributed by atoms with Crippen LogP contribution in [-0.4, -0.2) is 12.0 Å². The quantitative estimate of drug-likeness (QED) is 0.894. The lowest BCUT2D eigenvalue weighted by Crippen LogP contribution is -2.16. The second-order valence-electron chi connectivity index (χ2n) is 4.55. The third-order valence-corrected chi connectivity index (χ3v) is 2.98. The molecule has 3 nitrogen and oxygen atoms in total. The van der Waals surface area contributed by atoms with Crippen LogP contribution in [0.4, 0.5) is 5.69 Å². The van der Waals surface area contributed by atoms with Gasteiger partial charge in [0.25, 0.3) is 0 Å². The molecule has 0 unspecified atom stereocenters. The summed E-state index contributed by atoms with van der Waals surface area (Å²) in [6.45, 7) is 3.45. The van der Waals surface area contributed by atoms with Crippen LogP contribution >= 0.6 is 0 Å². The Bertz CT molecular complexity index is 505. The standard InChI is InChI=1S/C15H19N3/c1-12-3-5-15(6-4-12)18(2)11-13-7-8-17-14(9-13)10-16/h3-9H,10-11,16H2,1-2H3. The van der Waals surface area contributed by atoms with E-state index in [4.69, 9.17) is 5.73 Å². The third kappa shape index (κ3) is 3.08. The van der Waals surface area contributed by atoms with E-state index < -0.39 is 0 Å². The minimum Gasteiger partial charge on any atom is -0.370 e. The zero-order valence-corrected chi connectivity index (χ0v) is 10.9. The average Bonchev–Trinajstić information content (AvgIpc) is 2.39. The Morgan fingerprint density at radius 3 is 2.56 bits per heavy atom. The summed E-state index contributed by atoms with van der Waals surface area (Å²) in [5.41, 5.74) is 10.3. The molecule has 0 bridgehead atoms. The Morgan fingerprint density at radius 1 is 1.17 bits per heavy atom. The number of nitrogens with zero attached hydrogens (tertiary/aromatic N) is 2. The van der Waals surface area contributed by atoms with Gasteiger partial charge in [-0.2, -0.15) is 0 Å². The fourth-order valence-corrected chi connectivity index (χ4v) is 1.90. The van der Waals surface area contributed by atoms with Crippen LogP contribution in [0.1, 0.15) is 16.8 Å². The summed E-state index contributed by atoms with van der Waals surface area (Å²) >= 11 is 0. The van der Waals surface area contributed by atoms with Crippen LogP contribution in [0.3, 0.4) is 0 Å². The van der Waals surface area contributed by atoms with Crippen LogP contribution in [0.2, 0.25) is 0 Å². The van der Waals surface area contributed by atoms with Crippen LogP contribution in [0.5, 0.6) is 0 Å². The summed E-state index contributed by atoms with van der Waals surface area (Å²) in [7, 11) is 2.09. The first-order valence-corrected chi connectivity index (χ1v) is 6.10. The second-order valence-corrected chi connectivity index (χ2v) is 4.55. The van der Waals surface area contributed by atoms with E-state index >= 15 is 0 Å². The van der Waals surface area contributed by atoms with Crippen molar-refractivity contribution in [2.45, 2.75) is 20.0 Å². The van der Waals surface area contributed by atoms with Crippen molar-refractivity contribution in [1.82, 2.24) is 4.98 Å². The summed E-state index contributed by atoms with van der Waals surface area (Å²) in [6, 6.07) is 12.6. The molecule has 1 heterocycles. The molecule has 0 saturated heterocycles. The lowest BCUT2D eigenvalue weighted by atomic mass is 10.2. The molecule has 1 aromatic carbocycles. The number of hydrogen-bond donors (Lipinski definition) is 1. The minimum atomic E-state index is 0.488. The SMILES string of the molecule is Cc1ccc(N(C)Cc2ccnc(CN)c2)cc1. The fourth-order valence-electron chi connectivity index (χ4n) is 1.90. The normalized spacial score (nSPS) is 10.4. The average molecular weight is 241 g/mol. The van der Waals surface area contributed by atoms with Crippen molar-refractivity contribution in [2.75, 3.05) is 11.9 Å². The van der Waals surface area contributed by atoms with E-state index in [2.05, 4.69) is 54.2 Å². The maximum Gasteiger partial charge on any atom is 0.0542 e. The molecular formula is C15H19N3. The first-order valence-electron chi connectivity index (χ1n) is 6.10. The topological polar surface area (TPSA) is 42.2 Å². The van der Waals surface area contributed by atoms with Crippen LogP contribution < -0.4 is 10.6 Å². The first-order chi connectivity index (χ1) is 8.69. The van der Waals surface area contributed by atoms with Gasteiger partial charge in [-0.1, -0.05) is 17.7 Å². The van der Waals surface area contributed by atoms with E-state index in [0.29, 0.717) is 6.54 Å². The number of benzene rings is 1. The first kappa shape index (κ1) is 12.6. The Balaban J connectivity index is 2.10. The van der Waals surface area contributed by atoms with Crippen molar-refractivity contribution in [2.24, 2.45) is 5.73 Å². The van der Waals surface area contributed by atoms with Gasteiger partial charge in [-0.05, 0) is 36.8 Å². The smallest absolute Gasteiger partial charge is 0.0542 e. The lowest BCUT2D eigenvalue weighted by Gasteiger charge is -2.19. The zero-order valence-electron chi connectivity index (χ0n) is 10.9. The van der Waals surface area contributed by atoms with Crippen LogP contribution in [0.25, 0.3) is 0 Å². The van der Waals surface area contributed by atoms with Gasteiger partial charge in [0.05, 0.1) is 5.69 Å². The van der Waals surface area contributed by atoms with Gasteiger partial charge >= 0.3 is 0 Å². The predicted octanol–water partition coefficient (Wildman–Crippen LogP) is 2.49. The van der Waals surface area contributed by atoms with Gasteiger partial charge < -0.3 is 10.6 Å². The van der Waals surface area contributed by atoms with E-state index in [1.165, 1.54) is 16.8 Å². The number of pyridine rings is 1. The number of aromatic nitrogens is 1. The summed E-state index contributed by atoms with van der Waals surface area (Å²) in [5.74, 6) is 0. The molecule has 3 heteroatoms. The van der Waals surface area contributed by atoms with E-state index in [9.17, 15) is 0 Å². The van der Waals surface area contributed by atoms with Gasteiger partial charge in [-0.25, -0.2) is 0 Å². The predicted molar refractivity (Wildman–Crippen MR) is 75.4 cm³/mol. The Morgan fingerprint density at radius 2 is 1.89 bits per heavy atom. The van der Waals surface area contributed by atoms with E-state index in [1.54, 1.807) is 0 Å². The van der Waals surface area contributed by atoms with Gasteiger partial charge in [-0.15, -0.1) is 0 Å². The van der Waals surface area contributed by atoms with Gasteiger partial charge in [-0.3, -0.25) is 4.98 Å². The molecule has 0 saturated carbocycles. The van der Waals surface area contributed by atoms with E-state index in [1.807, 2.05) is 12.3 Å². The molecule has 0 radical (unpaired) electrons. The highest BCUT2D eigenvalue weighted by Crippen LogP contribution is 2.16. The third-order valence-electron chi connectivity index (χ3n) is 2.98. The Labute approximate surface area is 108 Å². The molecule has 94 valence electrons. The molecule has 1 aromatic heterocycles. The molecule has 0 fully saturated rings. The fraction of sp³-hybridized carbons (Fsp3) is 0.267. The van der Waals surface area contributed by atoms with Crippen molar-refractivity contribution in [3.8, 4) is 0 Å². The molecule has 0 spiro atoms. The highest BCUT2D eigenvalue weighted by Gasteiger charge is 2.02. The van der Waals surface area contributed by atoms with Gasteiger partial charge in [0.2, 0.25) is 0 Å². The number of aryl methyl sites for hydroxylation is 1. The number of nitrogens with two attached hydrogens (primary N) is 1. The summed E-state index contributed by atoms with van der Waals surface area (Å²) in [6.07, 6.45) is 1.82. The highest BCUT2D eigenvalue weighted by atomic mass is 15.1. The molecule has 0 aliphatic heterocycles. The highest BCUT2D eigenvalue weighted by molar-refractivity contribution is 5.47. The number of anilines is 1. The van der Waals surface area contributed by atoms with E-state index in [0.717, 1.165) is 12.2 Å². The van der Waals surface area contributed by atoms with Gasteiger partial charge in [0.15, 0.2) is 0 Å². The van der Waals surface area contributed by atoms with Gasteiger partial charge in [0, 0.05) is 32.0 Å². The Hall–Kier alpha value is -1.87. The van der Waals surface area contributed by atoms with Gasteiger partial charge in [0.1, 0.15) is 0 Å². The maximum absolute atomic E-state index is 5.60. The molecule has 0 amide bonds. The molecule has 0 aliphatic carbocycles. The van der Waals surface area contributed by atoms with Crippen LogP contribution in [0, 0.1) is 6.92 Å². The van der Waals surface area contributed by atoms with Crippen LogP contribution in [-0.2, 0) is 13.1 Å².